The summed E-state index contributed by atoms with van der Waals surface area (Å²) in [6.45, 7) is -3.71. The van der Waals surface area contributed by atoms with Crippen molar-refractivity contribution in [2.24, 2.45) is 0 Å². The SMILES string of the molecule is N#CCC(=O)Nc1ccc(C(=O)OCC(=O)Nc2ccccc2OC(F)F)cc1. The Labute approximate surface area is 164 Å². The van der Waals surface area contributed by atoms with E-state index < -0.39 is 31.0 Å². The number of benzene rings is 2. The molecule has 0 atom stereocenters. The maximum Gasteiger partial charge on any atom is 0.387 e. The Morgan fingerprint density at radius 1 is 1.00 bits per heavy atom. The second-order valence-corrected chi connectivity index (χ2v) is 5.46. The van der Waals surface area contributed by atoms with Crippen LogP contribution >= 0.6 is 0 Å². The van der Waals surface area contributed by atoms with Crippen molar-refractivity contribution >= 4 is 29.2 Å². The van der Waals surface area contributed by atoms with E-state index in [1.807, 2.05) is 0 Å². The highest BCUT2D eigenvalue weighted by Crippen LogP contribution is 2.25. The number of rotatable bonds is 8. The molecule has 2 amide bonds. The first-order valence-corrected chi connectivity index (χ1v) is 8.16. The van der Waals surface area contributed by atoms with Gasteiger partial charge in [0.25, 0.3) is 5.91 Å². The molecule has 0 heterocycles. The van der Waals surface area contributed by atoms with Crippen LogP contribution in [0.15, 0.2) is 48.5 Å². The van der Waals surface area contributed by atoms with E-state index in [9.17, 15) is 23.2 Å². The van der Waals surface area contributed by atoms with Crippen molar-refractivity contribution in [1.82, 2.24) is 0 Å². The average molecular weight is 403 g/mol. The summed E-state index contributed by atoms with van der Waals surface area (Å²) < 4.78 is 33.9. The molecule has 0 spiro atoms. The van der Waals surface area contributed by atoms with E-state index in [1.54, 1.807) is 6.07 Å². The van der Waals surface area contributed by atoms with E-state index in [0.717, 1.165) is 0 Å². The standard InChI is InChI=1S/C19H15F2N3O5/c20-19(21)29-15-4-2-1-3-14(15)24-17(26)11-28-18(27)12-5-7-13(8-6-12)23-16(25)9-10-22/h1-8,19H,9,11H2,(H,23,25)(H,24,26). The molecule has 2 aromatic rings. The lowest BCUT2D eigenvalue weighted by atomic mass is 10.2. The van der Waals surface area contributed by atoms with E-state index in [1.165, 1.54) is 48.5 Å². The normalized spacial score (nSPS) is 10.0. The number of carbonyl (C=O) groups is 3. The number of amides is 2. The highest BCUT2D eigenvalue weighted by atomic mass is 19.3. The Kier molecular flexibility index (Phi) is 7.61. The molecular formula is C19H15F2N3O5. The summed E-state index contributed by atoms with van der Waals surface area (Å²) in [5.74, 6) is -2.26. The number of anilines is 2. The van der Waals surface area contributed by atoms with Gasteiger partial charge >= 0.3 is 12.6 Å². The van der Waals surface area contributed by atoms with Gasteiger partial charge in [0.15, 0.2) is 6.61 Å². The van der Waals surface area contributed by atoms with Crippen LogP contribution in [0, 0.1) is 11.3 Å². The lowest BCUT2D eigenvalue weighted by Crippen LogP contribution is -2.21. The fourth-order valence-corrected chi connectivity index (χ4v) is 2.14. The van der Waals surface area contributed by atoms with E-state index in [2.05, 4.69) is 15.4 Å². The number of alkyl halides is 2. The number of esters is 1. The number of nitrogens with one attached hydrogen (secondary N) is 2. The van der Waals surface area contributed by atoms with Gasteiger partial charge in [0, 0.05) is 5.69 Å². The Bertz CT molecular complexity index is 926. The molecule has 0 unspecified atom stereocenters. The second-order valence-electron chi connectivity index (χ2n) is 5.46. The molecule has 0 aromatic heterocycles. The number of hydrogen-bond donors (Lipinski definition) is 2. The second kappa shape index (κ2) is 10.4. The summed E-state index contributed by atoms with van der Waals surface area (Å²) in [4.78, 5) is 35.2. The van der Waals surface area contributed by atoms with E-state index in [0.29, 0.717) is 5.69 Å². The first-order valence-electron chi connectivity index (χ1n) is 8.16. The maximum atomic E-state index is 12.4. The minimum atomic E-state index is -3.06. The summed E-state index contributed by atoms with van der Waals surface area (Å²) >= 11 is 0. The quantitative estimate of drug-likeness (QED) is 0.655. The molecule has 2 N–H and O–H groups in total. The zero-order valence-electron chi connectivity index (χ0n) is 14.9. The molecule has 2 rings (SSSR count). The van der Waals surface area contributed by atoms with Crippen LogP contribution < -0.4 is 15.4 Å². The zero-order chi connectivity index (χ0) is 21.2. The van der Waals surface area contributed by atoms with Crippen LogP contribution in [0.5, 0.6) is 5.75 Å². The largest absolute Gasteiger partial charge is 0.452 e. The lowest BCUT2D eigenvalue weighted by Gasteiger charge is -2.12. The van der Waals surface area contributed by atoms with E-state index in [4.69, 9.17) is 10.00 Å². The summed E-state index contributed by atoms with van der Waals surface area (Å²) in [5, 5.41) is 13.2. The number of halogens is 2. The predicted octanol–water partition coefficient (Wildman–Crippen LogP) is 2.94. The van der Waals surface area contributed by atoms with Crippen LogP contribution in [-0.2, 0) is 14.3 Å². The van der Waals surface area contributed by atoms with Gasteiger partial charge in [0.05, 0.1) is 17.3 Å². The van der Waals surface area contributed by atoms with Gasteiger partial charge in [-0.2, -0.15) is 14.0 Å². The Hall–Kier alpha value is -4.00. The third-order valence-corrected chi connectivity index (χ3v) is 3.36. The third-order valence-electron chi connectivity index (χ3n) is 3.36. The molecule has 0 aliphatic heterocycles. The van der Waals surface area contributed by atoms with Crippen molar-refractivity contribution in [3.63, 3.8) is 0 Å². The molecule has 0 fully saturated rings. The number of nitrogens with zero attached hydrogens (tertiary/aromatic N) is 1. The summed E-state index contributed by atoms with van der Waals surface area (Å²) in [6, 6.07) is 12.9. The van der Waals surface area contributed by atoms with Gasteiger partial charge in [-0.25, -0.2) is 4.79 Å². The highest BCUT2D eigenvalue weighted by Gasteiger charge is 2.14. The first kappa shape index (κ1) is 21.3. The molecule has 0 aliphatic rings. The molecule has 8 nitrogen and oxygen atoms in total. The molecule has 2 aromatic carbocycles. The minimum Gasteiger partial charge on any atom is -0.452 e. The molecule has 150 valence electrons. The summed E-state index contributed by atoms with van der Waals surface area (Å²) in [5.41, 5.74) is 0.513. The van der Waals surface area contributed by atoms with Gasteiger partial charge in [0.2, 0.25) is 5.91 Å². The van der Waals surface area contributed by atoms with E-state index in [-0.39, 0.29) is 23.4 Å². The first-order chi connectivity index (χ1) is 13.9. The van der Waals surface area contributed by atoms with Gasteiger partial charge in [-0.1, -0.05) is 12.1 Å². The van der Waals surface area contributed by atoms with Gasteiger partial charge < -0.3 is 20.1 Å². The van der Waals surface area contributed by atoms with Crippen molar-refractivity contribution in [2.45, 2.75) is 13.0 Å². The van der Waals surface area contributed by atoms with Crippen molar-refractivity contribution in [3.05, 3.63) is 54.1 Å². The number of para-hydroxylation sites is 2. The number of nitriles is 1. The molecular weight excluding hydrogens is 388 g/mol. The zero-order valence-corrected chi connectivity index (χ0v) is 14.9. The van der Waals surface area contributed by atoms with Crippen LogP contribution in [0.3, 0.4) is 0 Å². The predicted molar refractivity (Wildman–Crippen MR) is 97.3 cm³/mol. The number of carbonyl (C=O) groups excluding carboxylic acids is 3. The molecule has 0 aliphatic carbocycles. The fourth-order valence-electron chi connectivity index (χ4n) is 2.14. The number of ether oxygens (including phenoxy) is 2. The molecule has 0 saturated carbocycles. The van der Waals surface area contributed by atoms with E-state index >= 15 is 0 Å². The molecule has 10 heteroatoms. The van der Waals surface area contributed by atoms with Crippen molar-refractivity contribution in [1.29, 1.82) is 5.26 Å². The van der Waals surface area contributed by atoms with Gasteiger partial charge in [-0.15, -0.1) is 0 Å². The van der Waals surface area contributed by atoms with Gasteiger partial charge in [-0.3, -0.25) is 9.59 Å². The Balaban J connectivity index is 1.88. The van der Waals surface area contributed by atoms with Crippen molar-refractivity contribution < 1.29 is 32.6 Å². The van der Waals surface area contributed by atoms with Gasteiger partial charge in [-0.05, 0) is 36.4 Å². The fraction of sp³-hybridized carbons (Fsp3) is 0.158. The average Bonchev–Trinajstić information content (AvgIpc) is 2.68. The monoisotopic (exact) mass is 403 g/mol. The van der Waals surface area contributed by atoms with Gasteiger partial charge in [0.1, 0.15) is 12.2 Å². The Morgan fingerprint density at radius 2 is 1.69 bits per heavy atom. The molecule has 29 heavy (non-hydrogen) atoms. The summed E-state index contributed by atoms with van der Waals surface area (Å²) in [7, 11) is 0. The van der Waals surface area contributed by atoms with Crippen LogP contribution in [-0.4, -0.2) is 31.0 Å². The minimum absolute atomic E-state index is 0.00584. The highest BCUT2D eigenvalue weighted by molar-refractivity contribution is 5.97. The van der Waals surface area contributed by atoms with Crippen LogP contribution in [0.2, 0.25) is 0 Å². The number of hydrogen-bond acceptors (Lipinski definition) is 6. The van der Waals surface area contributed by atoms with Crippen LogP contribution in [0.1, 0.15) is 16.8 Å². The van der Waals surface area contributed by atoms with Crippen LogP contribution in [0.4, 0.5) is 20.2 Å². The Morgan fingerprint density at radius 3 is 2.34 bits per heavy atom. The topological polar surface area (TPSA) is 118 Å². The smallest absolute Gasteiger partial charge is 0.387 e. The van der Waals surface area contributed by atoms with Crippen molar-refractivity contribution in [3.8, 4) is 11.8 Å². The molecule has 0 radical (unpaired) electrons. The maximum absolute atomic E-state index is 12.4. The third kappa shape index (κ3) is 6.91. The molecule has 0 bridgehead atoms. The van der Waals surface area contributed by atoms with Crippen molar-refractivity contribution in [2.75, 3.05) is 17.2 Å². The lowest BCUT2D eigenvalue weighted by molar-refractivity contribution is -0.119. The summed E-state index contributed by atoms with van der Waals surface area (Å²) in [6.07, 6.45) is -0.301. The molecule has 0 saturated heterocycles. The van der Waals surface area contributed by atoms with Crippen LogP contribution in [0.25, 0.3) is 0 Å².